The summed E-state index contributed by atoms with van der Waals surface area (Å²) < 4.78 is 5.22. The highest BCUT2D eigenvalue weighted by molar-refractivity contribution is 6.10. The maximum Gasteiger partial charge on any atom is 0.319 e. The molecule has 0 atom stereocenters. The van der Waals surface area contributed by atoms with Gasteiger partial charge in [0.2, 0.25) is 5.91 Å². The van der Waals surface area contributed by atoms with Gasteiger partial charge in [0.05, 0.1) is 0 Å². The van der Waals surface area contributed by atoms with Crippen LogP contribution in [0.4, 0.5) is 5.69 Å². The smallest absolute Gasteiger partial charge is 0.319 e. The summed E-state index contributed by atoms with van der Waals surface area (Å²) in [7, 11) is 0. The number of nitrogens with one attached hydrogen (secondary N) is 1. The number of hydrogen-bond acceptors (Lipinski definition) is 3. The van der Waals surface area contributed by atoms with Crippen LogP contribution in [0.2, 0.25) is 0 Å². The van der Waals surface area contributed by atoms with Crippen molar-refractivity contribution >= 4 is 17.6 Å². The van der Waals surface area contributed by atoms with Crippen LogP contribution in [-0.4, -0.2) is 23.6 Å². The first-order chi connectivity index (χ1) is 9.08. The summed E-state index contributed by atoms with van der Waals surface area (Å²) in [6.07, 6.45) is 5.84. The van der Waals surface area contributed by atoms with Crippen LogP contribution in [0.3, 0.4) is 0 Å². The minimum Gasteiger partial charge on any atom is -0.481 e. The predicted octanol–water partition coefficient (Wildman–Crippen LogP) is 1.50. The van der Waals surface area contributed by atoms with Gasteiger partial charge in [-0.05, 0) is 25.0 Å². The van der Waals surface area contributed by atoms with E-state index in [-0.39, 0.29) is 6.61 Å². The van der Waals surface area contributed by atoms with Gasteiger partial charge in [0.1, 0.15) is 17.8 Å². The van der Waals surface area contributed by atoms with Crippen LogP contribution >= 0.6 is 0 Å². The van der Waals surface area contributed by atoms with Crippen molar-refractivity contribution in [1.29, 1.82) is 0 Å². The molecule has 1 amide bonds. The zero-order valence-corrected chi connectivity index (χ0v) is 10.2. The molecule has 0 saturated heterocycles. The number of hydrogen-bond donors (Lipinski definition) is 2. The molecular formula is C14H13NO4. The van der Waals surface area contributed by atoms with E-state index in [0.29, 0.717) is 24.3 Å². The molecule has 1 aromatic rings. The van der Waals surface area contributed by atoms with Crippen LogP contribution in [0.25, 0.3) is 0 Å². The average molecular weight is 259 g/mol. The molecule has 1 aromatic carbocycles. The molecule has 0 bridgehead atoms. The quantitative estimate of drug-likeness (QED) is 0.620. The highest BCUT2D eigenvalue weighted by atomic mass is 16.5. The number of amides is 1. The second-order valence-electron chi connectivity index (χ2n) is 4.36. The lowest BCUT2D eigenvalue weighted by Gasteiger charge is -2.11. The van der Waals surface area contributed by atoms with Crippen molar-refractivity contribution in [2.24, 2.45) is 5.41 Å². The van der Waals surface area contributed by atoms with E-state index in [2.05, 4.69) is 11.2 Å². The molecule has 0 heterocycles. The maximum absolute atomic E-state index is 11.9. The fraction of sp³-hybridized carbons (Fsp3) is 0.286. The number of terminal acetylenes is 1. The number of carbonyl (C=O) groups excluding carboxylic acids is 1. The number of carboxylic acid groups (broad SMARTS) is 1. The van der Waals surface area contributed by atoms with Crippen molar-refractivity contribution in [1.82, 2.24) is 0 Å². The fourth-order valence-corrected chi connectivity index (χ4v) is 1.70. The molecule has 98 valence electrons. The van der Waals surface area contributed by atoms with Crippen LogP contribution in [0.1, 0.15) is 12.8 Å². The van der Waals surface area contributed by atoms with Gasteiger partial charge >= 0.3 is 5.97 Å². The van der Waals surface area contributed by atoms with Gasteiger partial charge in [-0.15, -0.1) is 6.42 Å². The summed E-state index contributed by atoms with van der Waals surface area (Å²) in [4.78, 5) is 22.9. The molecule has 1 saturated carbocycles. The molecule has 0 spiro atoms. The topological polar surface area (TPSA) is 75.6 Å². The third kappa shape index (κ3) is 2.68. The molecule has 5 nitrogen and oxygen atoms in total. The predicted molar refractivity (Wildman–Crippen MR) is 68.7 cm³/mol. The summed E-state index contributed by atoms with van der Waals surface area (Å²) in [6.45, 7) is 0.135. The van der Waals surface area contributed by atoms with Crippen LogP contribution in [-0.2, 0) is 9.59 Å². The largest absolute Gasteiger partial charge is 0.481 e. The Hall–Kier alpha value is -2.48. The lowest BCUT2D eigenvalue weighted by molar-refractivity contribution is -0.147. The van der Waals surface area contributed by atoms with Gasteiger partial charge in [0, 0.05) is 11.8 Å². The molecule has 0 aliphatic heterocycles. The molecule has 1 aliphatic rings. The summed E-state index contributed by atoms with van der Waals surface area (Å²) in [5, 5.41) is 11.6. The molecule has 5 heteroatoms. The second kappa shape index (κ2) is 5.02. The van der Waals surface area contributed by atoms with Crippen molar-refractivity contribution in [3.63, 3.8) is 0 Å². The van der Waals surface area contributed by atoms with Gasteiger partial charge in [0.25, 0.3) is 0 Å². The van der Waals surface area contributed by atoms with Crippen LogP contribution < -0.4 is 10.1 Å². The molecular weight excluding hydrogens is 246 g/mol. The zero-order chi connectivity index (χ0) is 13.9. The Kier molecular flexibility index (Phi) is 3.43. The molecule has 19 heavy (non-hydrogen) atoms. The molecule has 0 radical (unpaired) electrons. The Labute approximate surface area is 110 Å². The van der Waals surface area contributed by atoms with E-state index < -0.39 is 17.3 Å². The van der Waals surface area contributed by atoms with Crippen molar-refractivity contribution in [2.45, 2.75) is 12.8 Å². The van der Waals surface area contributed by atoms with Crippen molar-refractivity contribution in [2.75, 3.05) is 11.9 Å². The Bertz CT molecular complexity index is 555. The molecule has 2 N–H and O–H groups in total. The lowest BCUT2D eigenvalue weighted by Crippen LogP contribution is -2.31. The van der Waals surface area contributed by atoms with Gasteiger partial charge in [-0.3, -0.25) is 9.59 Å². The third-order valence-corrected chi connectivity index (χ3v) is 3.01. The SMILES string of the molecule is C#CCOc1cccc(NC(=O)C2(C(=O)O)CC2)c1. The van der Waals surface area contributed by atoms with Gasteiger partial charge in [0.15, 0.2) is 0 Å². The molecule has 1 aliphatic carbocycles. The highest BCUT2D eigenvalue weighted by Crippen LogP contribution is 2.46. The van der Waals surface area contributed by atoms with E-state index in [9.17, 15) is 9.59 Å². The molecule has 2 rings (SSSR count). The van der Waals surface area contributed by atoms with E-state index in [1.54, 1.807) is 24.3 Å². The number of benzene rings is 1. The molecule has 0 aromatic heterocycles. The Morgan fingerprint density at radius 1 is 1.47 bits per heavy atom. The summed E-state index contributed by atoms with van der Waals surface area (Å²) in [5.41, 5.74) is -0.762. The van der Waals surface area contributed by atoms with E-state index in [1.165, 1.54) is 0 Å². The Morgan fingerprint density at radius 2 is 2.21 bits per heavy atom. The first-order valence-electron chi connectivity index (χ1n) is 5.80. The van der Waals surface area contributed by atoms with Gasteiger partial charge < -0.3 is 15.2 Å². The van der Waals surface area contributed by atoms with Crippen molar-refractivity contribution in [3.05, 3.63) is 24.3 Å². The number of aliphatic carboxylic acids is 1. The van der Waals surface area contributed by atoms with Gasteiger partial charge in [-0.2, -0.15) is 0 Å². The van der Waals surface area contributed by atoms with Crippen LogP contribution in [0, 0.1) is 17.8 Å². The van der Waals surface area contributed by atoms with E-state index in [4.69, 9.17) is 16.3 Å². The van der Waals surface area contributed by atoms with Crippen LogP contribution in [0.15, 0.2) is 24.3 Å². The maximum atomic E-state index is 11.9. The van der Waals surface area contributed by atoms with E-state index >= 15 is 0 Å². The Balaban J connectivity index is 2.05. The minimum absolute atomic E-state index is 0.135. The highest BCUT2D eigenvalue weighted by Gasteiger charge is 2.57. The first-order valence-corrected chi connectivity index (χ1v) is 5.80. The van der Waals surface area contributed by atoms with Gasteiger partial charge in [-0.1, -0.05) is 12.0 Å². The number of anilines is 1. The first kappa shape index (κ1) is 13.0. The monoisotopic (exact) mass is 259 g/mol. The summed E-state index contributed by atoms with van der Waals surface area (Å²) in [6, 6.07) is 6.67. The normalized spacial score (nSPS) is 15.1. The molecule has 1 fully saturated rings. The number of carbonyl (C=O) groups is 2. The summed E-state index contributed by atoms with van der Waals surface area (Å²) in [5.74, 6) is 1.29. The Morgan fingerprint density at radius 3 is 2.79 bits per heavy atom. The standard InChI is InChI=1S/C14H13NO4/c1-2-8-19-11-5-3-4-10(9-11)15-12(16)14(6-7-14)13(17)18/h1,3-5,9H,6-8H2,(H,15,16)(H,17,18). The number of ether oxygens (including phenoxy) is 1. The van der Waals surface area contributed by atoms with E-state index in [1.807, 2.05) is 0 Å². The number of rotatable bonds is 5. The van der Waals surface area contributed by atoms with Crippen molar-refractivity contribution < 1.29 is 19.4 Å². The number of carboxylic acids is 1. The van der Waals surface area contributed by atoms with Crippen molar-refractivity contribution in [3.8, 4) is 18.1 Å². The average Bonchev–Trinajstić information content (AvgIpc) is 3.18. The van der Waals surface area contributed by atoms with Gasteiger partial charge in [-0.25, -0.2) is 0 Å². The third-order valence-electron chi connectivity index (χ3n) is 3.01. The van der Waals surface area contributed by atoms with E-state index in [0.717, 1.165) is 0 Å². The fourth-order valence-electron chi connectivity index (χ4n) is 1.70. The molecule has 0 unspecified atom stereocenters. The van der Waals surface area contributed by atoms with Crippen LogP contribution in [0.5, 0.6) is 5.75 Å². The summed E-state index contributed by atoms with van der Waals surface area (Å²) >= 11 is 0. The lowest BCUT2D eigenvalue weighted by atomic mass is 10.1. The minimum atomic E-state index is -1.25. The zero-order valence-electron chi connectivity index (χ0n) is 10.2. The second-order valence-corrected chi connectivity index (χ2v) is 4.36.